The van der Waals surface area contributed by atoms with Crippen LogP contribution in [0.3, 0.4) is 0 Å². The van der Waals surface area contributed by atoms with E-state index >= 15 is 0 Å². The zero-order chi connectivity index (χ0) is 12.8. The zero-order valence-electron chi connectivity index (χ0n) is 9.11. The Balaban J connectivity index is 2.23. The van der Waals surface area contributed by atoms with Gasteiger partial charge >= 0.3 is 0 Å². The van der Waals surface area contributed by atoms with E-state index in [1.807, 2.05) is 0 Å². The van der Waals surface area contributed by atoms with Crippen molar-refractivity contribution in [2.45, 2.75) is 30.1 Å². The summed E-state index contributed by atoms with van der Waals surface area (Å²) in [6.07, 6.45) is -2.92. The summed E-state index contributed by atoms with van der Waals surface area (Å²) < 4.78 is 34.8. The molecule has 0 aromatic heterocycles. The average molecular weight is 269 g/mol. The van der Waals surface area contributed by atoms with Crippen molar-refractivity contribution in [3.05, 3.63) is 0 Å². The number of nitrogens with one attached hydrogen (secondary N) is 1. The molecule has 0 spiro atoms. The van der Waals surface area contributed by atoms with Crippen LogP contribution in [0.15, 0.2) is 0 Å². The van der Waals surface area contributed by atoms with Crippen LogP contribution in [0.1, 0.15) is 0 Å². The molecular formula is C8H15NO7S. The standard InChI is InChI=1S/C8H15NO7S/c1-17(13,14)9-4-5(11)6(12)8(2-10)3-15-7(4)16-8/h4-7,9-12H,2-3H2,1H3. The second-order valence-electron chi connectivity index (χ2n) is 4.37. The second kappa shape index (κ2) is 4.12. The molecule has 4 N–H and O–H groups in total. The normalized spacial score (nSPS) is 46.1. The van der Waals surface area contributed by atoms with Crippen molar-refractivity contribution in [3.8, 4) is 0 Å². The molecule has 8 nitrogen and oxygen atoms in total. The van der Waals surface area contributed by atoms with Crippen LogP contribution in [-0.4, -0.2) is 73.3 Å². The highest BCUT2D eigenvalue weighted by Crippen LogP contribution is 2.36. The van der Waals surface area contributed by atoms with Crippen molar-refractivity contribution in [2.75, 3.05) is 19.5 Å². The number of rotatable bonds is 3. The maximum atomic E-state index is 11.1. The molecule has 2 aliphatic heterocycles. The fourth-order valence-electron chi connectivity index (χ4n) is 2.07. The lowest BCUT2D eigenvalue weighted by atomic mass is 9.89. The van der Waals surface area contributed by atoms with Gasteiger partial charge in [0.05, 0.1) is 19.5 Å². The van der Waals surface area contributed by atoms with Gasteiger partial charge in [-0.1, -0.05) is 0 Å². The lowest BCUT2D eigenvalue weighted by molar-refractivity contribution is -0.230. The van der Waals surface area contributed by atoms with E-state index in [1.54, 1.807) is 0 Å². The summed E-state index contributed by atoms with van der Waals surface area (Å²) in [5, 5.41) is 28.8. The largest absolute Gasteiger partial charge is 0.393 e. The monoisotopic (exact) mass is 269 g/mol. The molecule has 2 rings (SSSR count). The first kappa shape index (κ1) is 13.1. The number of aliphatic hydroxyl groups excluding tert-OH is 3. The molecule has 2 bridgehead atoms. The molecule has 17 heavy (non-hydrogen) atoms. The summed E-state index contributed by atoms with van der Waals surface area (Å²) >= 11 is 0. The summed E-state index contributed by atoms with van der Waals surface area (Å²) in [6.45, 7) is -0.623. The van der Waals surface area contributed by atoms with Crippen molar-refractivity contribution in [1.29, 1.82) is 0 Å². The summed E-state index contributed by atoms with van der Waals surface area (Å²) in [5.74, 6) is 0. The molecule has 0 radical (unpaired) electrons. The van der Waals surface area contributed by atoms with Crippen LogP contribution in [0.25, 0.3) is 0 Å². The maximum absolute atomic E-state index is 11.1. The van der Waals surface area contributed by atoms with Crippen molar-refractivity contribution < 1.29 is 33.2 Å². The molecular weight excluding hydrogens is 254 g/mol. The summed E-state index contributed by atoms with van der Waals surface area (Å²) in [6, 6.07) is -1.10. The molecule has 0 amide bonds. The Bertz CT molecular complexity index is 399. The van der Waals surface area contributed by atoms with Gasteiger partial charge < -0.3 is 24.8 Å². The van der Waals surface area contributed by atoms with E-state index in [2.05, 4.69) is 4.72 Å². The van der Waals surface area contributed by atoms with E-state index in [0.717, 1.165) is 6.26 Å². The van der Waals surface area contributed by atoms with Gasteiger partial charge in [-0.2, -0.15) is 0 Å². The third kappa shape index (κ3) is 2.19. The highest BCUT2D eigenvalue weighted by Gasteiger charge is 2.59. The van der Waals surface area contributed by atoms with Gasteiger partial charge in [0.15, 0.2) is 6.29 Å². The van der Waals surface area contributed by atoms with Gasteiger partial charge in [-0.05, 0) is 0 Å². The van der Waals surface area contributed by atoms with Crippen LogP contribution in [-0.2, 0) is 19.5 Å². The maximum Gasteiger partial charge on any atom is 0.209 e. The number of ether oxygens (including phenoxy) is 2. The van der Waals surface area contributed by atoms with Gasteiger partial charge in [-0.15, -0.1) is 0 Å². The molecule has 5 unspecified atom stereocenters. The zero-order valence-corrected chi connectivity index (χ0v) is 9.92. The first-order chi connectivity index (χ1) is 7.79. The molecule has 0 aliphatic carbocycles. The fraction of sp³-hybridized carbons (Fsp3) is 1.00. The molecule has 0 aromatic carbocycles. The van der Waals surface area contributed by atoms with E-state index < -0.39 is 46.8 Å². The van der Waals surface area contributed by atoms with Crippen LogP contribution in [0.2, 0.25) is 0 Å². The third-order valence-corrected chi connectivity index (χ3v) is 3.68. The quantitative estimate of drug-likeness (QED) is 0.424. The highest BCUT2D eigenvalue weighted by molar-refractivity contribution is 7.88. The smallest absolute Gasteiger partial charge is 0.209 e. The van der Waals surface area contributed by atoms with Crippen LogP contribution in [0, 0.1) is 0 Å². The lowest BCUT2D eigenvalue weighted by Gasteiger charge is -2.41. The number of aliphatic hydroxyl groups is 3. The van der Waals surface area contributed by atoms with Gasteiger partial charge in [-0.25, -0.2) is 13.1 Å². The number of sulfonamides is 1. The van der Waals surface area contributed by atoms with Crippen molar-refractivity contribution in [3.63, 3.8) is 0 Å². The predicted octanol–water partition coefficient (Wildman–Crippen LogP) is -3.26. The van der Waals surface area contributed by atoms with Crippen molar-refractivity contribution >= 4 is 10.0 Å². The number of hydrogen-bond acceptors (Lipinski definition) is 7. The fourth-order valence-corrected chi connectivity index (χ4v) is 2.82. The van der Waals surface area contributed by atoms with Gasteiger partial charge in [0.25, 0.3) is 0 Å². The molecule has 2 heterocycles. The van der Waals surface area contributed by atoms with E-state index in [0.29, 0.717) is 0 Å². The van der Waals surface area contributed by atoms with Gasteiger partial charge in [0.2, 0.25) is 10.0 Å². The molecule has 2 fully saturated rings. The first-order valence-corrected chi connectivity index (χ1v) is 6.92. The summed E-state index contributed by atoms with van der Waals surface area (Å²) in [4.78, 5) is 0. The Morgan fingerprint density at radius 2 is 2.12 bits per heavy atom. The Hall–Kier alpha value is -0.290. The Labute approximate surface area is 98.2 Å². The van der Waals surface area contributed by atoms with E-state index in [4.69, 9.17) is 14.6 Å². The Kier molecular flexibility index (Phi) is 3.19. The van der Waals surface area contributed by atoms with Gasteiger partial charge in [0, 0.05) is 0 Å². The molecule has 0 saturated carbocycles. The third-order valence-electron chi connectivity index (χ3n) is 2.98. The predicted molar refractivity (Wildman–Crippen MR) is 54.4 cm³/mol. The molecule has 9 heteroatoms. The second-order valence-corrected chi connectivity index (χ2v) is 6.15. The topological polar surface area (TPSA) is 125 Å². The Morgan fingerprint density at radius 3 is 2.65 bits per heavy atom. The molecule has 100 valence electrons. The molecule has 2 saturated heterocycles. The van der Waals surface area contributed by atoms with Crippen LogP contribution < -0.4 is 4.72 Å². The van der Waals surface area contributed by atoms with Crippen molar-refractivity contribution in [2.24, 2.45) is 0 Å². The number of fused-ring (bicyclic) bond motifs is 2. The van der Waals surface area contributed by atoms with Crippen LogP contribution in [0.4, 0.5) is 0 Å². The highest BCUT2D eigenvalue weighted by atomic mass is 32.2. The Morgan fingerprint density at radius 1 is 1.47 bits per heavy atom. The van der Waals surface area contributed by atoms with Gasteiger partial charge in [0.1, 0.15) is 23.9 Å². The van der Waals surface area contributed by atoms with Crippen LogP contribution >= 0.6 is 0 Å². The molecule has 0 aromatic rings. The van der Waals surface area contributed by atoms with E-state index in [9.17, 15) is 18.6 Å². The lowest BCUT2D eigenvalue weighted by Crippen LogP contribution is -2.66. The first-order valence-electron chi connectivity index (χ1n) is 5.03. The minimum Gasteiger partial charge on any atom is -0.393 e. The van der Waals surface area contributed by atoms with E-state index in [-0.39, 0.29) is 6.61 Å². The van der Waals surface area contributed by atoms with Gasteiger partial charge in [-0.3, -0.25) is 0 Å². The minimum atomic E-state index is -3.57. The summed E-state index contributed by atoms with van der Waals surface area (Å²) in [7, 11) is -3.57. The van der Waals surface area contributed by atoms with Crippen LogP contribution in [0.5, 0.6) is 0 Å². The summed E-state index contributed by atoms with van der Waals surface area (Å²) in [5.41, 5.74) is -1.38. The minimum absolute atomic E-state index is 0.103. The SMILES string of the molecule is CS(=O)(=O)NC1C2OCC(CO)(O2)C(O)C1O. The number of hydrogen-bond donors (Lipinski definition) is 4. The molecule has 2 aliphatic rings. The van der Waals surface area contributed by atoms with E-state index in [1.165, 1.54) is 0 Å². The average Bonchev–Trinajstić information content (AvgIpc) is 2.64. The van der Waals surface area contributed by atoms with Crippen molar-refractivity contribution in [1.82, 2.24) is 4.72 Å². The molecule has 5 atom stereocenters.